The lowest BCUT2D eigenvalue weighted by Crippen LogP contribution is -2.25. The van der Waals surface area contributed by atoms with Crippen molar-refractivity contribution in [1.29, 1.82) is 0 Å². The predicted molar refractivity (Wildman–Crippen MR) is 131 cm³/mol. The monoisotopic (exact) mass is 496 g/mol. The molecule has 4 aromatic rings. The number of carbonyl (C=O) groups excluding carboxylic acids is 2. The highest BCUT2D eigenvalue weighted by atomic mass is 16.6. The summed E-state index contributed by atoms with van der Waals surface area (Å²) in [4.78, 5) is 24.6. The third-order valence-corrected chi connectivity index (χ3v) is 5.62. The average molecular weight is 497 g/mol. The van der Waals surface area contributed by atoms with E-state index in [1.165, 1.54) is 0 Å². The first kappa shape index (κ1) is 25.1. The van der Waals surface area contributed by atoms with Gasteiger partial charge >= 0.3 is 11.9 Å². The van der Waals surface area contributed by atoms with Crippen molar-refractivity contribution in [3.63, 3.8) is 0 Å². The first-order valence-corrected chi connectivity index (χ1v) is 11.7. The Kier molecular flexibility index (Phi) is 7.49. The number of aliphatic hydroxyl groups excluding tert-OH is 1. The van der Waals surface area contributed by atoms with Crippen LogP contribution in [-0.4, -0.2) is 49.6 Å². The van der Waals surface area contributed by atoms with E-state index in [1.807, 2.05) is 0 Å². The van der Waals surface area contributed by atoms with Gasteiger partial charge in [0.2, 0.25) is 0 Å². The second-order valence-electron chi connectivity index (χ2n) is 8.10. The molecule has 0 amide bonds. The molecule has 0 radical (unpaired) electrons. The number of aliphatic hydroxyl groups is 1. The summed E-state index contributed by atoms with van der Waals surface area (Å²) in [5, 5.41) is 11.7. The van der Waals surface area contributed by atoms with Gasteiger partial charge in [-0.25, -0.2) is 9.59 Å². The number of fused-ring (bicyclic) bond motifs is 2. The highest BCUT2D eigenvalue weighted by Crippen LogP contribution is 2.35. The Balaban J connectivity index is 1.44. The Hall–Kier alpha value is -3.98. The molecule has 2 aromatic carbocycles. The van der Waals surface area contributed by atoms with Gasteiger partial charge in [-0.15, -0.1) is 0 Å². The molecule has 0 aliphatic carbocycles. The summed E-state index contributed by atoms with van der Waals surface area (Å²) in [6.45, 7) is 7.30. The van der Waals surface area contributed by atoms with Gasteiger partial charge in [0.1, 0.15) is 30.5 Å². The van der Waals surface area contributed by atoms with Crippen LogP contribution in [0.1, 0.15) is 45.7 Å². The van der Waals surface area contributed by atoms with Gasteiger partial charge in [-0.3, -0.25) is 0 Å². The third-order valence-electron chi connectivity index (χ3n) is 5.62. The molecule has 190 valence electrons. The minimum Gasteiger partial charge on any atom is -0.462 e. The summed E-state index contributed by atoms with van der Waals surface area (Å²) in [7, 11) is 0. The largest absolute Gasteiger partial charge is 0.462 e. The lowest BCUT2D eigenvalue weighted by Gasteiger charge is -2.11. The molecule has 0 spiro atoms. The molecule has 2 aromatic heterocycles. The van der Waals surface area contributed by atoms with E-state index >= 15 is 0 Å². The number of aryl methyl sites for hydroxylation is 2. The van der Waals surface area contributed by atoms with Crippen molar-refractivity contribution in [3.8, 4) is 11.9 Å². The van der Waals surface area contributed by atoms with Crippen molar-refractivity contribution < 1.29 is 42.5 Å². The molecule has 0 atom stereocenters. The van der Waals surface area contributed by atoms with E-state index in [4.69, 9.17) is 27.8 Å². The minimum absolute atomic E-state index is 0.122. The van der Waals surface area contributed by atoms with E-state index in [0.717, 1.165) is 0 Å². The van der Waals surface area contributed by atoms with Gasteiger partial charge in [-0.1, -0.05) is 12.1 Å². The highest BCUT2D eigenvalue weighted by molar-refractivity contribution is 6.06. The zero-order chi connectivity index (χ0) is 25.8. The van der Waals surface area contributed by atoms with Crippen LogP contribution in [0.15, 0.2) is 45.2 Å². The van der Waals surface area contributed by atoms with Gasteiger partial charge in [-0.2, -0.15) is 0 Å². The van der Waals surface area contributed by atoms with Crippen molar-refractivity contribution in [1.82, 2.24) is 0 Å². The molecule has 2 heterocycles. The summed E-state index contributed by atoms with van der Waals surface area (Å²) in [5.41, 5.74) is 2.99. The van der Waals surface area contributed by atoms with Gasteiger partial charge in [0, 0.05) is 21.9 Å². The van der Waals surface area contributed by atoms with Crippen LogP contribution in [-0.2, 0) is 9.47 Å². The number of hydrogen-bond donors (Lipinski definition) is 1. The predicted octanol–water partition coefficient (Wildman–Crippen LogP) is 4.97. The smallest absolute Gasteiger partial charge is 0.338 e. The molecule has 9 nitrogen and oxygen atoms in total. The van der Waals surface area contributed by atoms with Crippen LogP contribution in [0, 0.1) is 13.8 Å². The molecule has 9 heteroatoms. The Morgan fingerprint density at radius 3 is 1.58 bits per heavy atom. The lowest BCUT2D eigenvalue weighted by atomic mass is 10.1. The minimum atomic E-state index is -1.01. The molecule has 0 unspecified atom stereocenters. The van der Waals surface area contributed by atoms with Gasteiger partial charge < -0.3 is 32.9 Å². The quantitative estimate of drug-likeness (QED) is 0.304. The molecule has 36 heavy (non-hydrogen) atoms. The molecule has 0 saturated carbocycles. The summed E-state index contributed by atoms with van der Waals surface area (Å²) >= 11 is 0. The number of benzene rings is 2. The van der Waals surface area contributed by atoms with Gasteiger partial charge in [0.25, 0.3) is 11.9 Å². The zero-order valence-corrected chi connectivity index (χ0v) is 20.6. The molecule has 0 saturated heterocycles. The van der Waals surface area contributed by atoms with Crippen LogP contribution < -0.4 is 9.47 Å². The lowest BCUT2D eigenvalue weighted by molar-refractivity contribution is 0.0464. The molecular weight excluding hydrogens is 468 g/mol. The Morgan fingerprint density at radius 1 is 0.778 bits per heavy atom. The molecule has 0 bridgehead atoms. The standard InChI is InChI=1S/C27H28O9/c1-5-31-24(29)18-9-7-11-20-22(18)15(3)26(35-20)33-13-17(28)14-34-27-16(4)23-19(25(30)32-6-2)10-8-12-21(23)36-27/h7-12,17,28H,5-6,13-14H2,1-4H3. The van der Waals surface area contributed by atoms with Crippen LogP contribution in [0.4, 0.5) is 0 Å². The first-order valence-electron chi connectivity index (χ1n) is 11.7. The second kappa shape index (κ2) is 10.7. The average Bonchev–Trinajstić information content (AvgIpc) is 3.37. The Morgan fingerprint density at radius 2 is 1.19 bits per heavy atom. The summed E-state index contributed by atoms with van der Waals surface area (Å²) in [5.74, 6) is -0.502. The van der Waals surface area contributed by atoms with Crippen LogP contribution in [0.25, 0.3) is 21.9 Å². The van der Waals surface area contributed by atoms with E-state index < -0.39 is 18.0 Å². The zero-order valence-electron chi connectivity index (χ0n) is 20.6. The topological polar surface area (TPSA) is 118 Å². The second-order valence-corrected chi connectivity index (χ2v) is 8.10. The Bertz CT molecular complexity index is 1290. The molecular formula is C27H28O9. The summed E-state index contributed by atoms with van der Waals surface area (Å²) in [6, 6.07) is 10.2. The number of esters is 2. The van der Waals surface area contributed by atoms with E-state index in [2.05, 4.69) is 0 Å². The van der Waals surface area contributed by atoms with Crippen LogP contribution >= 0.6 is 0 Å². The maximum Gasteiger partial charge on any atom is 0.338 e. The number of furan rings is 2. The fourth-order valence-corrected chi connectivity index (χ4v) is 3.99. The van der Waals surface area contributed by atoms with Gasteiger partial charge in [-0.05, 0) is 52.0 Å². The molecule has 4 rings (SSSR count). The maximum absolute atomic E-state index is 12.3. The number of hydrogen-bond acceptors (Lipinski definition) is 9. The van der Waals surface area contributed by atoms with Crippen molar-refractivity contribution in [3.05, 3.63) is 58.7 Å². The van der Waals surface area contributed by atoms with E-state index in [-0.39, 0.29) is 38.3 Å². The molecule has 0 aliphatic rings. The van der Waals surface area contributed by atoms with Crippen molar-refractivity contribution in [2.45, 2.75) is 33.8 Å². The fraction of sp³-hybridized carbons (Fsp3) is 0.333. The van der Waals surface area contributed by atoms with Crippen molar-refractivity contribution in [2.24, 2.45) is 0 Å². The number of rotatable bonds is 10. The third kappa shape index (κ3) is 4.87. The fourth-order valence-electron chi connectivity index (χ4n) is 3.99. The van der Waals surface area contributed by atoms with Crippen LogP contribution in [0.2, 0.25) is 0 Å². The highest BCUT2D eigenvalue weighted by Gasteiger charge is 2.22. The number of ether oxygens (including phenoxy) is 4. The van der Waals surface area contributed by atoms with E-state index in [1.54, 1.807) is 64.1 Å². The van der Waals surface area contributed by atoms with Crippen molar-refractivity contribution >= 4 is 33.9 Å². The Labute approximate surface area is 207 Å². The van der Waals surface area contributed by atoms with Gasteiger partial charge in [0.15, 0.2) is 0 Å². The summed E-state index contributed by atoms with van der Waals surface area (Å²) in [6.07, 6.45) is -1.01. The van der Waals surface area contributed by atoms with Crippen LogP contribution in [0.5, 0.6) is 11.9 Å². The first-order chi connectivity index (χ1) is 17.3. The molecule has 0 fully saturated rings. The molecule has 0 aliphatic heterocycles. The SMILES string of the molecule is CCOC(=O)c1cccc2oc(OCC(O)COc3oc4cccc(C(=O)OCC)c4c3C)c(C)c12. The number of carbonyl (C=O) groups is 2. The van der Waals surface area contributed by atoms with E-state index in [9.17, 15) is 14.7 Å². The van der Waals surface area contributed by atoms with Crippen LogP contribution in [0.3, 0.4) is 0 Å². The van der Waals surface area contributed by atoms with Crippen molar-refractivity contribution in [2.75, 3.05) is 26.4 Å². The summed E-state index contributed by atoms with van der Waals surface area (Å²) < 4.78 is 33.1. The van der Waals surface area contributed by atoms with Gasteiger partial charge in [0.05, 0.1) is 24.3 Å². The van der Waals surface area contributed by atoms with E-state index in [0.29, 0.717) is 44.2 Å². The maximum atomic E-state index is 12.3. The molecule has 1 N–H and O–H groups in total. The normalized spacial score (nSPS) is 11.3.